The number of ether oxygens (including phenoxy) is 2. The van der Waals surface area contributed by atoms with Crippen LogP contribution in [-0.2, 0) is 14.2 Å². The zero-order valence-corrected chi connectivity index (χ0v) is 19.4. The van der Waals surface area contributed by atoms with Gasteiger partial charge in [0.1, 0.15) is 11.4 Å². The van der Waals surface area contributed by atoms with Crippen molar-refractivity contribution in [2.24, 2.45) is 0 Å². The number of aliphatic hydroxyl groups is 1. The average Bonchev–Trinajstić information content (AvgIpc) is 2.99. The molecule has 0 radical (unpaired) electrons. The van der Waals surface area contributed by atoms with Crippen molar-refractivity contribution in [3.05, 3.63) is 35.9 Å². The third-order valence-corrected chi connectivity index (χ3v) is 6.00. The summed E-state index contributed by atoms with van der Waals surface area (Å²) in [6.45, 7) is 15.0. The molecule has 1 unspecified atom stereocenters. The van der Waals surface area contributed by atoms with Crippen LogP contribution in [0.2, 0.25) is 0 Å². The number of nitrogens with zero attached hydrogens (tertiary/aromatic N) is 1. The predicted molar refractivity (Wildman–Crippen MR) is 119 cm³/mol. The van der Waals surface area contributed by atoms with Crippen LogP contribution < -0.4 is 4.74 Å². The Morgan fingerprint density at radius 3 is 2.50 bits per heavy atom. The Hall–Kier alpha value is -1.38. The summed E-state index contributed by atoms with van der Waals surface area (Å²) in [5, 5.41) is 12.4. The number of hydroxylamine groups is 2. The van der Waals surface area contributed by atoms with E-state index in [-0.39, 0.29) is 12.4 Å². The zero-order chi connectivity index (χ0) is 22.2. The van der Waals surface area contributed by atoms with Crippen LogP contribution in [0.4, 0.5) is 0 Å². The Morgan fingerprint density at radius 2 is 1.83 bits per heavy atom. The van der Waals surface area contributed by atoms with Gasteiger partial charge in [0.05, 0.1) is 23.3 Å². The van der Waals surface area contributed by atoms with E-state index in [1.807, 2.05) is 57.9 Å². The van der Waals surface area contributed by atoms with Gasteiger partial charge in [-0.05, 0) is 66.1 Å². The van der Waals surface area contributed by atoms with Crippen molar-refractivity contribution in [1.29, 1.82) is 0 Å². The van der Waals surface area contributed by atoms with Crippen LogP contribution in [0.25, 0.3) is 5.47 Å². The fourth-order valence-electron chi connectivity index (χ4n) is 3.38. The van der Waals surface area contributed by atoms with E-state index in [1.165, 1.54) is 0 Å². The van der Waals surface area contributed by atoms with Crippen molar-refractivity contribution in [1.82, 2.24) is 5.06 Å². The number of hydrogen-bond acceptors (Lipinski definition) is 6. The number of para-hydroxylation sites is 1. The monoisotopic (exact) mass is 417 g/mol. The van der Waals surface area contributed by atoms with E-state index in [0.717, 1.165) is 29.8 Å². The van der Waals surface area contributed by atoms with Crippen molar-refractivity contribution in [3.63, 3.8) is 0 Å². The van der Waals surface area contributed by atoms with Gasteiger partial charge >= 0.3 is 7.48 Å². The smallest absolute Gasteiger partial charge is 0.310 e. The molecule has 2 aliphatic rings. The molecule has 3 rings (SSSR count). The fraction of sp³-hybridized carbons (Fsp3) is 0.652. The third kappa shape index (κ3) is 5.45. The maximum atomic E-state index is 10.4. The molecule has 1 atom stereocenters. The number of fused-ring (bicyclic) bond motifs is 1. The predicted octanol–water partition coefficient (Wildman–Crippen LogP) is 3.49. The summed E-state index contributed by atoms with van der Waals surface area (Å²) in [5.74, 6) is 0.854. The first-order valence-corrected chi connectivity index (χ1v) is 10.7. The number of hydrogen-bond donors (Lipinski definition) is 1. The molecule has 7 heteroatoms. The largest absolute Gasteiger partial charge is 0.481 e. The lowest BCUT2D eigenvalue weighted by molar-refractivity contribution is -0.241. The van der Waals surface area contributed by atoms with E-state index >= 15 is 0 Å². The first-order chi connectivity index (χ1) is 13.8. The molecule has 1 spiro atoms. The fourth-order valence-corrected chi connectivity index (χ4v) is 3.38. The summed E-state index contributed by atoms with van der Waals surface area (Å²) in [5.41, 5.74) is -0.250. The van der Waals surface area contributed by atoms with Gasteiger partial charge in [0.15, 0.2) is 6.79 Å². The summed E-state index contributed by atoms with van der Waals surface area (Å²) >= 11 is 0. The van der Waals surface area contributed by atoms with Crippen molar-refractivity contribution in [2.75, 3.05) is 19.9 Å². The van der Waals surface area contributed by atoms with Crippen molar-refractivity contribution >= 4 is 13.0 Å². The van der Waals surface area contributed by atoms with Crippen LogP contribution >= 0.6 is 0 Å². The van der Waals surface area contributed by atoms with Crippen molar-refractivity contribution in [3.8, 4) is 5.75 Å². The second-order valence-electron chi connectivity index (χ2n) is 10.3. The lowest BCUT2D eigenvalue weighted by Crippen LogP contribution is -2.48. The molecular weight excluding hydrogens is 381 g/mol. The highest BCUT2D eigenvalue weighted by atomic mass is 16.8. The maximum Gasteiger partial charge on any atom is 0.310 e. The summed E-state index contributed by atoms with van der Waals surface area (Å²) < 4.78 is 18.3. The van der Waals surface area contributed by atoms with Gasteiger partial charge < -0.3 is 19.2 Å². The van der Waals surface area contributed by atoms with Gasteiger partial charge in [-0.3, -0.25) is 4.84 Å². The average molecular weight is 417 g/mol. The van der Waals surface area contributed by atoms with Crippen LogP contribution in [0, 0.1) is 0 Å². The topological polar surface area (TPSA) is 60.4 Å². The normalized spacial score (nSPS) is 22.6. The molecule has 0 saturated carbocycles. The molecule has 166 valence electrons. The molecule has 1 N–H and O–H groups in total. The minimum absolute atomic E-state index is 0.218. The summed E-state index contributed by atoms with van der Waals surface area (Å²) in [7, 11) is 0.396. The van der Waals surface area contributed by atoms with Gasteiger partial charge in [0.2, 0.25) is 0 Å². The first kappa shape index (κ1) is 23.3. The molecular formula is C23H36BNO5. The molecule has 2 heterocycles. The van der Waals surface area contributed by atoms with Crippen LogP contribution in [0.5, 0.6) is 5.75 Å². The van der Waals surface area contributed by atoms with Crippen LogP contribution in [0.1, 0.15) is 60.5 Å². The SMILES string of the molecule is CC(C)(C)OCON1CCC2(C=C(BOC(C)(C)C(C)(C)O)c3ccccc3O2)C1. The van der Waals surface area contributed by atoms with Gasteiger partial charge in [-0.1, -0.05) is 18.2 Å². The highest BCUT2D eigenvalue weighted by molar-refractivity contribution is 6.55. The van der Waals surface area contributed by atoms with Crippen LogP contribution in [0.15, 0.2) is 30.3 Å². The molecule has 1 saturated heterocycles. The molecule has 6 nitrogen and oxygen atoms in total. The lowest BCUT2D eigenvalue weighted by Gasteiger charge is -2.39. The molecule has 2 aliphatic heterocycles. The Labute approximate surface area is 181 Å². The van der Waals surface area contributed by atoms with Gasteiger partial charge in [-0.2, -0.15) is 5.06 Å². The van der Waals surface area contributed by atoms with Gasteiger partial charge in [0, 0.05) is 18.5 Å². The van der Waals surface area contributed by atoms with E-state index in [1.54, 1.807) is 13.8 Å². The van der Waals surface area contributed by atoms with E-state index in [0.29, 0.717) is 14.0 Å². The molecule has 1 aromatic rings. The van der Waals surface area contributed by atoms with Crippen molar-refractivity contribution in [2.45, 2.75) is 77.3 Å². The Kier molecular flexibility index (Phi) is 6.43. The van der Waals surface area contributed by atoms with Gasteiger partial charge in [-0.15, -0.1) is 0 Å². The van der Waals surface area contributed by atoms with Gasteiger partial charge in [-0.25, -0.2) is 0 Å². The second kappa shape index (κ2) is 8.28. The lowest BCUT2D eigenvalue weighted by atomic mass is 9.75. The summed E-state index contributed by atoms with van der Waals surface area (Å²) in [4.78, 5) is 5.83. The molecule has 30 heavy (non-hydrogen) atoms. The molecule has 0 aliphatic carbocycles. The first-order valence-electron chi connectivity index (χ1n) is 10.7. The highest BCUT2D eigenvalue weighted by Crippen LogP contribution is 2.40. The molecule has 0 amide bonds. The highest BCUT2D eigenvalue weighted by Gasteiger charge is 2.43. The van der Waals surface area contributed by atoms with E-state index in [9.17, 15) is 5.11 Å². The number of rotatable bonds is 7. The second-order valence-corrected chi connectivity index (χ2v) is 10.3. The quantitative estimate of drug-likeness (QED) is 0.542. The number of benzene rings is 1. The third-order valence-electron chi connectivity index (χ3n) is 6.00. The van der Waals surface area contributed by atoms with E-state index in [2.05, 4.69) is 12.1 Å². The standard InChI is InChI=1S/C23H36BNO5/c1-20(2,3)27-16-28-25-13-12-23(15-25)14-18(17-10-8-9-11-19(17)29-23)24-30-22(6,7)21(4,5)26/h8-11,14,24,26H,12-13,15-16H2,1-7H3. The molecule has 0 bridgehead atoms. The van der Waals surface area contributed by atoms with E-state index in [4.69, 9.17) is 19.0 Å². The zero-order valence-electron chi connectivity index (χ0n) is 19.4. The van der Waals surface area contributed by atoms with Gasteiger partial charge in [0.25, 0.3) is 0 Å². The summed E-state index contributed by atoms with van der Waals surface area (Å²) in [6.07, 6.45) is 2.99. The Balaban J connectivity index is 1.75. The molecule has 1 aromatic carbocycles. The maximum absolute atomic E-state index is 10.4. The molecule has 1 fully saturated rings. The Bertz CT molecular complexity index is 781. The molecule has 0 aromatic heterocycles. The van der Waals surface area contributed by atoms with E-state index < -0.39 is 16.8 Å². The van der Waals surface area contributed by atoms with Crippen LogP contribution in [-0.4, -0.2) is 59.9 Å². The minimum Gasteiger partial charge on any atom is -0.481 e. The summed E-state index contributed by atoms with van der Waals surface area (Å²) in [6, 6.07) is 8.03. The Morgan fingerprint density at radius 1 is 1.13 bits per heavy atom. The van der Waals surface area contributed by atoms with Crippen LogP contribution in [0.3, 0.4) is 0 Å². The van der Waals surface area contributed by atoms with Crippen molar-refractivity contribution < 1.29 is 24.1 Å². The minimum atomic E-state index is -0.957.